The molecule has 17 heavy (non-hydrogen) atoms. The van der Waals surface area contributed by atoms with E-state index in [0.717, 1.165) is 5.56 Å². The Morgan fingerprint density at radius 2 is 1.82 bits per heavy atom. The number of carboxylic acid groups (broad SMARTS) is 1. The van der Waals surface area contributed by atoms with Crippen molar-refractivity contribution in [1.29, 1.82) is 0 Å². The zero-order valence-electron chi connectivity index (χ0n) is 10.1. The van der Waals surface area contributed by atoms with Crippen molar-refractivity contribution in [2.45, 2.75) is 26.2 Å². The molecule has 88 valence electrons. The standard InChI is InChI=1S/C15H16O2/c1-10-3-4-14-9-12(5-6-13(14)7-10)11(2)8-15(16)17/h3-7,9,11H,8H2,1-2H3,(H,16,17). The maximum Gasteiger partial charge on any atom is 0.303 e. The van der Waals surface area contributed by atoms with Crippen molar-refractivity contribution >= 4 is 16.7 Å². The van der Waals surface area contributed by atoms with Crippen LogP contribution in [0.25, 0.3) is 10.8 Å². The second-order valence-electron chi connectivity index (χ2n) is 4.61. The Kier molecular flexibility index (Phi) is 3.14. The normalized spacial score (nSPS) is 12.6. The minimum atomic E-state index is -0.749. The summed E-state index contributed by atoms with van der Waals surface area (Å²) in [6, 6.07) is 12.5. The fraction of sp³-hybridized carbons (Fsp3) is 0.267. The number of aliphatic carboxylic acids is 1. The maximum atomic E-state index is 10.7. The fourth-order valence-corrected chi connectivity index (χ4v) is 2.07. The van der Waals surface area contributed by atoms with Crippen LogP contribution in [0.2, 0.25) is 0 Å². The van der Waals surface area contributed by atoms with Gasteiger partial charge in [-0.3, -0.25) is 4.79 Å². The van der Waals surface area contributed by atoms with Crippen LogP contribution in [-0.2, 0) is 4.79 Å². The van der Waals surface area contributed by atoms with Crippen LogP contribution in [0.1, 0.15) is 30.4 Å². The maximum absolute atomic E-state index is 10.7. The van der Waals surface area contributed by atoms with Gasteiger partial charge in [0.25, 0.3) is 0 Å². The lowest BCUT2D eigenvalue weighted by molar-refractivity contribution is -0.137. The first-order chi connectivity index (χ1) is 8.06. The highest BCUT2D eigenvalue weighted by Gasteiger charge is 2.10. The molecule has 0 amide bonds. The van der Waals surface area contributed by atoms with E-state index in [4.69, 9.17) is 5.11 Å². The van der Waals surface area contributed by atoms with Crippen LogP contribution < -0.4 is 0 Å². The summed E-state index contributed by atoms with van der Waals surface area (Å²) in [5.41, 5.74) is 2.33. The van der Waals surface area contributed by atoms with Gasteiger partial charge in [-0.2, -0.15) is 0 Å². The van der Waals surface area contributed by atoms with Crippen LogP contribution in [0.5, 0.6) is 0 Å². The number of fused-ring (bicyclic) bond motifs is 1. The quantitative estimate of drug-likeness (QED) is 0.869. The molecule has 0 saturated carbocycles. The first kappa shape index (κ1) is 11.6. The van der Waals surface area contributed by atoms with Crippen molar-refractivity contribution in [3.05, 3.63) is 47.5 Å². The molecule has 0 aliphatic carbocycles. The molecule has 0 bridgehead atoms. The van der Waals surface area contributed by atoms with Crippen molar-refractivity contribution in [1.82, 2.24) is 0 Å². The molecule has 2 nitrogen and oxygen atoms in total. The second kappa shape index (κ2) is 4.58. The molecule has 0 spiro atoms. The van der Waals surface area contributed by atoms with E-state index in [1.54, 1.807) is 0 Å². The summed E-state index contributed by atoms with van der Waals surface area (Å²) >= 11 is 0. The molecule has 1 atom stereocenters. The smallest absolute Gasteiger partial charge is 0.303 e. The van der Waals surface area contributed by atoms with Crippen LogP contribution >= 0.6 is 0 Å². The number of benzene rings is 2. The molecular weight excluding hydrogens is 212 g/mol. The monoisotopic (exact) mass is 228 g/mol. The minimum absolute atomic E-state index is 0.0539. The molecule has 2 heteroatoms. The van der Waals surface area contributed by atoms with Crippen LogP contribution in [-0.4, -0.2) is 11.1 Å². The molecule has 0 aromatic heterocycles. The molecule has 0 aliphatic heterocycles. The molecule has 0 aliphatic rings. The molecule has 0 heterocycles. The Morgan fingerprint density at radius 1 is 1.18 bits per heavy atom. The van der Waals surface area contributed by atoms with Crippen molar-refractivity contribution in [3.8, 4) is 0 Å². The molecule has 1 unspecified atom stereocenters. The van der Waals surface area contributed by atoms with Gasteiger partial charge in [0.15, 0.2) is 0 Å². The van der Waals surface area contributed by atoms with Gasteiger partial charge >= 0.3 is 5.97 Å². The SMILES string of the molecule is Cc1ccc2cc(C(C)CC(=O)O)ccc2c1. The van der Waals surface area contributed by atoms with E-state index in [1.807, 2.05) is 13.0 Å². The Morgan fingerprint density at radius 3 is 2.53 bits per heavy atom. The Hall–Kier alpha value is -1.83. The Balaban J connectivity index is 2.37. The fourth-order valence-electron chi connectivity index (χ4n) is 2.07. The van der Waals surface area contributed by atoms with Gasteiger partial charge in [0, 0.05) is 0 Å². The van der Waals surface area contributed by atoms with Crippen LogP contribution in [0.15, 0.2) is 36.4 Å². The summed E-state index contributed by atoms with van der Waals surface area (Å²) in [4.78, 5) is 10.7. The number of hydrogen-bond donors (Lipinski definition) is 1. The Bertz CT molecular complexity index is 558. The van der Waals surface area contributed by atoms with Gasteiger partial charge in [-0.05, 0) is 29.2 Å². The van der Waals surface area contributed by atoms with Crippen LogP contribution in [0.4, 0.5) is 0 Å². The topological polar surface area (TPSA) is 37.3 Å². The molecule has 2 rings (SSSR count). The van der Waals surface area contributed by atoms with Gasteiger partial charge in [0.2, 0.25) is 0 Å². The zero-order valence-corrected chi connectivity index (χ0v) is 10.1. The molecular formula is C15H16O2. The third-order valence-corrected chi connectivity index (χ3v) is 3.07. The zero-order chi connectivity index (χ0) is 12.4. The second-order valence-corrected chi connectivity index (χ2v) is 4.61. The highest BCUT2D eigenvalue weighted by molar-refractivity contribution is 5.84. The summed E-state index contributed by atoms with van der Waals surface area (Å²) < 4.78 is 0. The third-order valence-electron chi connectivity index (χ3n) is 3.07. The average molecular weight is 228 g/mol. The first-order valence-corrected chi connectivity index (χ1v) is 5.78. The molecule has 2 aromatic rings. The van der Waals surface area contributed by atoms with Gasteiger partial charge in [-0.15, -0.1) is 0 Å². The lowest BCUT2D eigenvalue weighted by atomic mass is 9.95. The van der Waals surface area contributed by atoms with Gasteiger partial charge < -0.3 is 5.11 Å². The largest absolute Gasteiger partial charge is 0.481 e. The van der Waals surface area contributed by atoms with Crippen molar-refractivity contribution in [2.24, 2.45) is 0 Å². The van der Waals surface area contributed by atoms with Crippen molar-refractivity contribution < 1.29 is 9.90 Å². The minimum Gasteiger partial charge on any atom is -0.481 e. The molecule has 2 aromatic carbocycles. The van der Waals surface area contributed by atoms with E-state index < -0.39 is 5.97 Å². The van der Waals surface area contributed by atoms with E-state index in [9.17, 15) is 4.79 Å². The van der Waals surface area contributed by atoms with Crippen molar-refractivity contribution in [2.75, 3.05) is 0 Å². The summed E-state index contributed by atoms with van der Waals surface area (Å²) in [6.07, 6.45) is 0.178. The average Bonchev–Trinajstić information content (AvgIpc) is 2.27. The number of carboxylic acids is 1. The van der Waals surface area contributed by atoms with E-state index in [0.29, 0.717) is 0 Å². The van der Waals surface area contributed by atoms with Crippen molar-refractivity contribution in [3.63, 3.8) is 0 Å². The molecule has 0 radical (unpaired) electrons. The third kappa shape index (κ3) is 2.64. The van der Waals surface area contributed by atoms with Crippen LogP contribution in [0, 0.1) is 6.92 Å². The summed E-state index contributed by atoms with van der Waals surface area (Å²) in [6.45, 7) is 4.02. The summed E-state index contributed by atoms with van der Waals surface area (Å²) in [7, 11) is 0. The molecule has 0 fully saturated rings. The van der Waals surface area contributed by atoms with Crippen LogP contribution in [0.3, 0.4) is 0 Å². The molecule has 0 saturated heterocycles. The lowest BCUT2D eigenvalue weighted by Crippen LogP contribution is -2.02. The van der Waals surface area contributed by atoms with Gasteiger partial charge in [0.05, 0.1) is 6.42 Å². The molecule has 1 N–H and O–H groups in total. The predicted octanol–water partition coefficient (Wildman–Crippen LogP) is 3.73. The summed E-state index contributed by atoms with van der Waals surface area (Å²) in [5.74, 6) is -0.695. The van der Waals surface area contributed by atoms with Gasteiger partial charge in [-0.25, -0.2) is 0 Å². The number of hydrogen-bond acceptors (Lipinski definition) is 1. The van der Waals surface area contributed by atoms with E-state index in [2.05, 4.69) is 37.3 Å². The summed E-state index contributed by atoms with van der Waals surface area (Å²) in [5, 5.41) is 11.2. The first-order valence-electron chi connectivity index (χ1n) is 5.78. The lowest BCUT2D eigenvalue weighted by Gasteiger charge is -2.10. The van der Waals surface area contributed by atoms with E-state index in [1.165, 1.54) is 16.3 Å². The highest BCUT2D eigenvalue weighted by Crippen LogP contribution is 2.24. The Labute approximate surface area is 101 Å². The van der Waals surface area contributed by atoms with Gasteiger partial charge in [0.1, 0.15) is 0 Å². The number of rotatable bonds is 3. The van der Waals surface area contributed by atoms with Gasteiger partial charge in [-0.1, -0.05) is 48.9 Å². The number of aryl methyl sites for hydroxylation is 1. The van der Waals surface area contributed by atoms with E-state index in [-0.39, 0.29) is 12.3 Å². The predicted molar refractivity (Wildman–Crippen MR) is 69.4 cm³/mol. The highest BCUT2D eigenvalue weighted by atomic mass is 16.4. The van der Waals surface area contributed by atoms with E-state index >= 15 is 0 Å². The number of carbonyl (C=O) groups is 1.